The van der Waals surface area contributed by atoms with E-state index in [1.807, 2.05) is 35.2 Å². The van der Waals surface area contributed by atoms with Gasteiger partial charge in [0.25, 0.3) is 0 Å². The average Bonchev–Trinajstić information content (AvgIpc) is 2.79. The van der Waals surface area contributed by atoms with Crippen LogP contribution in [0.25, 0.3) is 0 Å². The zero-order valence-electron chi connectivity index (χ0n) is 18.1. The Morgan fingerprint density at radius 3 is 2.13 bits per heavy atom. The van der Waals surface area contributed by atoms with Crippen LogP contribution in [-0.2, 0) is 25.7 Å². The number of benzene rings is 1. The van der Waals surface area contributed by atoms with E-state index in [-0.39, 0.29) is 18.2 Å². The van der Waals surface area contributed by atoms with Gasteiger partial charge in [0, 0.05) is 58.8 Å². The van der Waals surface area contributed by atoms with Gasteiger partial charge >= 0.3 is 0 Å². The van der Waals surface area contributed by atoms with E-state index in [9.17, 15) is 14.4 Å². The third-order valence-electron chi connectivity index (χ3n) is 5.74. The molecule has 0 saturated carbocycles. The first kappa shape index (κ1) is 23.2. The van der Waals surface area contributed by atoms with Gasteiger partial charge in [0.05, 0.1) is 26.3 Å². The van der Waals surface area contributed by atoms with Crippen molar-refractivity contribution in [1.82, 2.24) is 19.6 Å². The summed E-state index contributed by atoms with van der Waals surface area (Å²) < 4.78 is 5.30. The number of morpholine rings is 1. The molecule has 9 heteroatoms. The van der Waals surface area contributed by atoms with Gasteiger partial charge in [0.1, 0.15) is 0 Å². The molecule has 1 aromatic rings. The Morgan fingerprint density at radius 2 is 1.52 bits per heavy atom. The minimum Gasteiger partial charge on any atom is -0.378 e. The van der Waals surface area contributed by atoms with Crippen LogP contribution in [0.3, 0.4) is 0 Å². The first-order valence-corrected chi connectivity index (χ1v) is 10.9. The van der Waals surface area contributed by atoms with E-state index in [1.165, 1.54) is 0 Å². The summed E-state index contributed by atoms with van der Waals surface area (Å²) >= 11 is 0. The van der Waals surface area contributed by atoms with Crippen molar-refractivity contribution < 1.29 is 19.1 Å². The van der Waals surface area contributed by atoms with Crippen molar-refractivity contribution in [2.75, 3.05) is 72.1 Å². The fourth-order valence-corrected chi connectivity index (χ4v) is 3.84. The summed E-state index contributed by atoms with van der Waals surface area (Å²) in [7, 11) is 0. The lowest BCUT2D eigenvalue weighted by atomic mass is 10.2. The second-order valence-electron chi connectivity index (χ2n) is 8.06. The monoisotopic (exact) mass is 431 g/mol. The van der Waals surface area contributed by atoms with Crippen LogP contribution in [0.1, 0.15) is 12.0 Å². The highest BCUT2D eigenvalue weighted by atomic mass is 16.5. The Kier molecular flexibility index (Phi) is 8.81. The summed E-state index contributed by atoms with van der Waals surface area (Å²) in [6.07, 6.45) is 0.149. The molecule has 2 N–H and O–H groups in total. The summed E-state index contributed by atoms with van der Waals surface area (Å²) in [6, 6.07) is 9.74. The fourth-order valence-electron chi connectivity index (χ4n) is 3.84. The van der Waals surface area contributed by atoms with Crippen molar-refractivity contribution in [3.63, 3.8) is 0 Å². The quantitative estimate of drug-likeness (QED) is 0.559. The van der Waals surface area contributed by atoms with Gasteiger partial charge in [-0.2, -0.15) is 0 Å². The number of amides is 3. The summed E-state index contributed by atoms with van der Waals surface area (Å²) in [5, 5.41) is 0. The highest BCUT2D eigenvalue weighted by molar-refractivity contribution is 5.80. The summed E-state index contributed by atoms with van der Waals surface area (Å²) in [5.74, 6) is -0.277. The normalized spacial score (nSPS) is 18.0. The fraction of sp³-hybridized carbons (Fsp3) is 0.591. The van der Waals surface area contributed by atoms with Crippen LogP contribution in [0.5, 0.6) is 0 Å². The SMILES string of the molecule is NC(=O)CCN(Cc1ccccc1)C(=O)CN1CCN(CC(=O)N2CCOCC2)CC1. The zero-order chi connectivity index (χ0) is 22.1. The second kappa shape index (κ2) is 11.8. The lowest BCUT2D eigenvalue weighted by molar-refractivity contribution is -0.138. The van der Waals surface area contributed by atoms with Crippen molar-refractivity contribution in [2.24, 2.45) is 5.73 Å². The molecule has 2 aliphatic rings. The zero-order valence-corrected chi connectivity index (χ0v) is 18.1. The maximum Gasteiger partial charge on any atom is 0.237 e. The van der Waals surface area contributed by atoms with E-state index in [4.69, 9.17) is 10.5 Å². The minimum absolute atomic E-state index is 0.0112. The van der Waals surface area contributed by atoms with E-state index < -0.39 is 5.91 Å². The Morgan fingerprint density at radius 1 is 0.903 bits per heavy atom. The summed E-state index contributed by atoms with van der Waals surface area (Å²) in [5.41, 5.74) is 6.32. The van der Waals surface area contributed by atoms with E-state index in [2.05, 4.69) is 9.80 Å². The van der Waals surface area contributed by atoms with Crippen molar-refractivity contribution in [3.8, 4) is 0 Å². The number of carbonyl (C=O) groups is 3. The van der Waals surface area contributed by atoms with Crippen LogP contribution < -0.4 is 5.73 Å². The van der Waals surface area contributed by atoms with Crippen molar-refractivity contribution in [3.05, 3.63) is 35.9 Å². The van der Waals surface area contributed by atoms with E-state index >= 15 is 0 Å². The minimum atomic E-state index is -0.413. The molecular weight excluding hydrogens is 398 g/mol. The van der Waals surface area contributed by atoms with Crippen LogP contribution in [-0.4, -0.2) is 109 Å². The summed E-state index contributed by atoms with van der Waals surface area (Å²) in [6.45, 7) is 7.01. The lowest BCUT2D eigenvalue weighted by Crippen LogP contribution is -2.53. The number of ether oxygens (including phenoxy) is 1. The molecule has 0 aromatic heterocycles. The molecule has 0 unspecified atom stereocenters. The van der Waals surface area contributed by atoms with E-state index in [1.54, 1.807) is 4.90 Å². The van der Waals surface area contributed by atoms with Gasteiger partial charge in [-0.05, 0) is 5.56 Å². The molecule has 3 amide bonds. The molecule has 0 radical (unpaired) electrons. The van der Waals surface area contributed by atoms with Gasteiger partial charge in [-0.15, -0.1) is 0 Å². The predicted octanol–water partition coefficient (Wildman–Crippen LogP) is -0.633. The van der Waals surface area contributed by atoms with Gasteiger partial charge in [-0.1, -0.05) is 30.3 Å². The Balaban J connectivity index is 1.46. The third kappa shape index (κ3) is 7.61. The second-order valence-corrected chi connectivity index (χ2v) is 8.06. The maximum absolute atomic E-state index is 12.9. The van der Waals surface area contributed by atoms with Gasteiger partial charge < -0.3 is 20.3 Å². The van der Waals surface area contributed by atoms with E-state index in [0.717, 1.165) is 31.7 Å². The number of nitrogens with zero attached hydrogens (tertiary/aromatic N) is 4. The highest BCUT2D eigenvalue weighted by Crippen LogP contribution is 2.09. The predicted molar refractivity (Wildman–Crippen MR) is 116 cm³/mol. The number of piperazine rings is 1. The van der Waals surface area contributed by atoms with Crippen LogP contribution in [0, 0.1) is 0 Å². The molecular formula is C22H33N5O4. The molecule has 2 heterocycles. The molecule has 1 aromatic carbocycles. The Labute approximate surface area is 183 Å². The number of hydrogen-bond acceptors (Lipinski definition) is 6. The molecule has 3 rings (SSSR count). The topological polar surface area (TPSA) is 99.4 Å². The molecule has 0 aliphatic carbocycles. The first-order chi connectivity index (χ1) is 15.0. The number of carbonyl (C=O) groups excluding carboxylic acids is 3. The van der Waals surface area contributed by atoms with Gasteiger partial charge in [0.2, 0.25) is 17.7 Å². The first-order valence-electron chi connectivity index (χ1n) is 10.9. The number of rotatable bonds is 9. The Hall–Kier alpha value is -2.49. The lowest BCUT2D eigenvalue weighted by Gasteiger charge is -2.36. The van der Waals surface area contributed by atoms with Crippen LogP contribution in [0.2, 0.25) is 0 Å². The molecule has 2 saturated heterocycles. The number of primary amides is 1. The number of hydrogen-bond donors (Lipinski definition) is 1. The van der Waals surface area contributed by atoms with Crippen LogP contribution in [0.15, 0.2) is 30.3 Å². The molecule has 170 valence electrons. The molecule has 31 heavy (non-hydrogen) atoms. The van der Waals surface area contributed by atoms with Gasteiger partial charge in [0.15, 0.2) is 0 Å². The Bertz CT molecular complexity index is 731. The van der Waals surface area contributed by atoms with Gasteiger partial charge in [-0.3, -0.25) is 24.2 Å². The molecule has 0 bridgehead atoms. The third-order valence-corrected chi connectivity index (χ3v) is 5.74. The largest absolute Gasteiger partial charge is 0.378 e. The summed E-state index contributed by atoms with van der Waals surface area (Å²) in [4.78, 5) is 44.4. The molecule has 2 aliphatic heterocycles. The van der Waals surface area contributed by atoms with Crippen molar-refractivity contribution in [1.29, 1.82) is 0 Å². The van der Waals surface area contributed by atoms with E-state index in [0.29, 0.717) is 52.5 Å². The van der Waals surface area contributed by atoms with Crippen LogP contribution in [0.4, 0.5) is 0 Å². The molecule has 0 atom stereocenters. The molecule has 9 nitrogen and oxygen atoms in total. The smallest absolute Gasteiger partial charge is 0.237 e. The molecule has 0 spiro atoms. The number of nitrogens with two attached hydrogens (primary N) is 1. The van der Waals surface area contributed by atoms with Crippen molar-refractivity contribution >= 4 is 17.7 Å². The standard InChI is InChI=1S/C22H33N5O4/c23-20(28)6-7-27(16-19-4-2-1-3-5-19)22(30)18-25-10-8-24(9-11-25)17-21(29)26-12-14-31-15-13-26/h1-5H,6-18H2,(H2,23,28). The molecule has 2 fully saturated rings. The maximum atomic E-state index is 12.9. The van der Waals surface area contributed by atoms with Gasteiger partial charge in [-0.25, -0.2) is 0 Å². The van der Waals surface area contributed by atoms with Crippen LogP contribution >= 0.6 is 0 Å². The highest BCUT2D eigenvalue weighted by Gasteiger charge is 2.25. The average molecular weight is 432 g/mol. The van der Waals surface area contributed by atoms with Crippen molar-refractivity contribution in [2.45, 2.75) is 13.0 Å².